The Hall–Kier alpha value is -0.980. The van der Waals surface area contributed by atoms with Gasteiger partial charge in [-0.1, -0.05) is 13.0 Å². The van der Waals surface area contributed by atoms with Crippen LogP contribution in [0.25, 0.3) is 0 Å². The molecule has 1 aromatic carbocycles. The van der Waals surface area contributed by atoms with Crippen LogP contribution in [0.2, 0.25) is 0 Å². The van der Waals surface area contributed by atoms with Crippen LogP contribution < -0.4 is 4.72 Å². The fraction of sp³-hybridized carbons (Fsp3) is 0.600. The van der Waals surface area contributed by atoms with Gasteiger partial charge in [0.15, 0.2) is 0 Å². The summed E-state index contributed by atoms with van der Waals surface area (Å²) in [5.41, 5.74) is -0.359. The Morgan fingerprint density at radius 2 is 2.00 bits per heavy atom. The van der Waals surface area contributed by atoms with Gasteiger partial charge in [-0.25, -0.2) is 17.5 Å². The Labute approximate surface area is 125 Å². The van der Waals surface area contributed by atoms with E-state index in [1.807, 2.05) is 0 Å². The molecule has 0 bridgehead atoms. The van der Waals surface area contributed by atoms with Crippen LogP contribution in [0, 0.1) is 18.7 Å². The number of rotatable bonds is 4. The molecule has 1 fully saturated rings. The van der Waals surface area contributed by atoms with E-state index in [2.05, 4.69) is 11.6 Å². The fourth-order valence-electron chi connectivity index (χ4n) is 2.60. The molecule has 0 atom stereocenters. The van der Waals surface area contributed by atoms with Crippen LogP contribution in [0.1, 0.15) is 38.2 Å². The first-order valence-electron chi connectivity index (χ1n) is 7.20. The highest BCUT2D eigenvalue weighted by molar-refractivity contribution is 7.89. The van der Waals surface area contributed by atoms with Crippen molar-refractivity contribution in [2.45, 2.75) is 50.0 Å². The third kappa shape index (κ3) is 4.02. The molecule has 21 heavy (non-hydrogen) atoms. The minimum Gasteiger partial charge on any atom is -0.389 e. The zero-order valence-corrected chi connectivity index (χ0v) is 13.2. The van der Waals surface area contributed by atoms with Crippen LogP contribution >= 0.6 is 0 Å². The number of halogens is 1. The summed E-state index contributed by atoms with van der Waals surface area (Å²) < 4.78 is 40.4. The SMILES string of the molecule is Cc1ccc(F)c(S(=O)(=O)NCC2(O)CCC(C)CC2)c1. The molecule has 0 aromatic heterocycles. The topological polar surface area (TPSA) is 66.4 Å². The van der Waals surface area contributed by atoms with Gasteiger partial charge in [0, 0.05) is 6.54 Å². The predicted octanol–water partition coefficient (Wildman–Crippen LogP) is 2.35. The lowest BCUT2D eigenvalue weighted by Gasteiger charge is -2.34. The zero-order chi connectivity index (χ0) is 15.7. The van der Waals surface area contributed by atoms with Crippen molar-refractivity contribution in [3.05, 3.63) is 29.6 Å². The Morgan fingerprint density at radius 1 is 1.38 bits per heavy atom. The van der Waals surface area contributed by atoms with Crippen molar-refractivity contribution in [2.75, 3.05) is 6.54 Å². The van der Waals surface area contributed by atoms with Crippen molar-refractivity contribution >= 4 is 10.0 Å². The van der Waals surface area contributed by atoms with E-state index in [-0.39, 0.29) is 11.4 Å². The molecule has 0 amide bonds. The summed E-state index contributed by atoms with van der Waals surface area (Å²) in [5, 5.41) is 10.4. The van der Waals surface area contributed by atoms with Crippen LogP contribution in [0.5, 0.6) is 0 Å². The van der Waals surface area contributed by atoms with Crippen molar-refractivity contribution in [1.29, 1.82) is 0 Å². The first-order chi connectivity index (χ1) is 9.72. The molecule has 0 heterocycles. The summed E-state index contributed by atoms with van der Waals surface area (Å²) in [7, 11) is -3.95. The molecule has 1 saturated carbocycles. The van der Waals surface area contributed by atoms with Gasteiger partial charge in [0.2, 0.25) is 10.0 Å². The Bertz CT molecular complexity index is 607. The van der Waals surface area contributed by atoms with E-state index < -0.39 is 21.4 Å². The van der Waals surface area contributed by atoms with Crippen molar-refractivity contribution < 1.29 is 17.9 Å². The number of aryl methyl sites for hydroxylation is 1. The van der Waals surface area contributed by atoms with Crippen molar-refractivity contribution in [3.63, 3.8) is 0 Å². The number of sulfonamides is 1. The summed E-state index contributed by atoms with van der Waals surface area (Å²) in [6, 6.07) is 3.95. The predicted molar refractivity (Wildman–Crippen MR) is 78.9 cm³/mol. The molecule has 2 N–H and O–H groups in total. The van der Waals surface area contributed by atoms with Gasteiger partial charge < -0.3 is 5.11 Å². The summed E-state index contributed by atoms with van der Waals surface area (Å²) >= 11 is 0. The smallest absolute Gasteiger partial charge is 0.243 e. The Morgan fingerprint density at radius 3 is 2.62 bits per heavy atom. The normalized spacial score (nSPS) is 26.8. The molecular formula is C15H22FNO3S. The maximum atomic E-state index is 13.7. The van der Waals surface area contributed by atoms with Gasteiger partial charge in [0.1, 0.15) is 10.7 Å². The van der Waals surface area contributed by atoms with E-state index in [9.17, 15) is 17.9 Å². The van der Waals surface area contributed by atoms with Gasteiger partial charge in [-0.05, 0) is 56.2 Å². The van der Waals surface area contributed by atoms with Gasteiger partial charge in [-0.15, -0.1) is 0 Å². The molecule has 6 heteroatoms. The van der Waals surface area contributed by atoms with E-state index in [0.717, 1.165) is 18.9 Å². The maximum Gasteiger partial charge on any atom is 0.243 e. The molecule has 1 aromatic rings. The van der Waals surface area contributed by atoms with E-state index in [4.69, 9.17) is 0 Å². The molecule has 2 rings (SSSR count). The van der Waals surface area contributed by atoms with Crippen LogP contribution in [0.3, 0.4) is 0 Å². The molecule has 0 spiro atoms. The van der Waals surface area contributed by atoms with Gasteiger partial charge in [0.25, 0.3) is 0 Å². The average Bonchev–Trinajstić information content (AvgIpc) is 2.43. The highest BCUT2D eigenvalue weighted by Crippen LogP contribution is 2.31. The molecular weight excluding hydrogens is 293 g/mol. The summed E-state index contributed by atoms with van der Waals surface area (Å²) in [5.74, 6) is -0.228. The summed E-state index contributed by atoms with van der Waals surface area (Å²) in [6.07, 6.45) is 2.87. The number of aliphatic hydroxyl groups is 1. The van der Waals surface area contributed by atoms with E-state index in [1.54, 1.807) is 6.92 Å². The second-order valence-corrected chi connectivity index (χ2v) is 7.90. The summed E-state index contributed by atoms with van der Waals surface area (Å²) in [6.45, 7) is 3.75. The number of hydrogen-bond acceptors (Lipinski definition) is 3. The molecule has 0 radical (unpaired) electrons. The number of hydrogen-bond donors (Lipinski definition) is 2. The van der Waals surface area contributed by atoms with Gasteiger partial charge >= 0.3 is 0 Å². The monoisotopic (exact) mass is 315 g/mol. The summed E-state index contributed by atoms with van der Waals surface area (Å²) in [4.78, 5) is -0.365. The van der Waals surface area contributed by atoms with Gasteiger partial charge in [-0.3, -0.25) is 0 Å². The van der Waals surface area contributed by atoms with Crippen LogP contribution in [0.4, 0.5) is 4.39 Å². The third-order valence-corrected chi connectivity index (χ3v) is 5.59. The fourth-order valence-corrected chi connectivity index (χ4v) is 3.88. The quantitative estimate of drug-likeness (QED) is 0.896. The first kappa shape index (κ1) is 16.4. The van der Waals surface area contributed by atoms with E-state index in [0.29, 0.717) is 24.3 Å². The van der Waals surface area contributed by atoms with Crippen LogP contribution in [-0.2, 0) is 10.0 Å². The van der Waals surface area contributed by atoms with E-state index >= 15 is 0 Å². The van der Waals surface area contributed by atoms with Crippen LogP contribution in [-0.4, -0.2) is 25.7 Å². The minimum atomic E-state index is -3.95. The lowest BCUT2D eigenvalue weighted by Crippen LogP contribution is -2.45. The molecule has 0 unspecified atom stereocenters. The Kier molecular flexibility index (Phi) is 4.70. The van der Waals surface area contributed by atoms with Gasteiger partial charge in [0.05, 0.1) is 5.60 Å². The molecule has 118 valence electrons. The highest BCUT2D eigenvalue weighted by Gasteiger charge is 2.33. The Balaban J connectivity index is 2.09. The van der Waals surface area contributed by atoms with Crippen LogP contribution in [0.15, 0.2) is 23.1 Å². The molecule has 0 aliphatic heterocycles. The molecule has 1 aliphatic rings. The zero-order valence-electron chi connectivity index (χ0n) is 12.4. The van der Waals surface area contributed by atoms with Crippen molar-refractivity contribution in [3.8, 4) is 0 Å². The third-order valence-electron chi connectivity index (χ3n) is 4.17. The largest absolute Gasteiger partial charge is 0.389 e. The second-order valence-electron chi connectivity index (χ2n) is 6.17. The lowest BCUT2D eigenvalue weighted by molar-refractivity contribution is -0.00183. The standard InChI is InChI=1S/C15H22FNO3S/c1-11-5-7-15(18,8-6-11)10-17-21(19,20)14-9-12(2)3-4-13(14)16/h3-4,9,11,17-18H,5-8,10H2,1-2H3. The average molecular weight is 315 g/mol. The molecule has 0 saturated heterocycles. The van der Waals surface area contributed by atoms with Crippen molar-refractivity contribution in [2.24, 2.45) is 5.92 Å². The first-order valence-corrected chi connectivity index (χ1v) is 8.68. The highest BCUT2D eigenvalue weighted by atomic mass is 32.2. The maximum absolute atomic E-state index is 13.7. The van der Waals surface area contributed by atoms with Gasteiger partial charge in [-0.2, -0.15) is 0 Å². The lowest BCUT2D eigenvalue weighted by atomic mass is 9.80. The second kappa shape index (κ2) is 6.02. The molecule has 1 aliphatic carbocycles. The minimum absolute atomic E-state index is 0.0740. The number of nitrogens with one attached hydrogen (secondary N) is 1. The van der Waals surface area contributed by atoms with E-state index in [1.165, 1.54) is 12.1 Å². The number of benzene rings is 1. The van der Waals surface area contributed by atoms with Crippen molar-refractivity contribution in [1.82, 2.24) is 4.72 Å². The molecule has 4 nitrogen and oxygen atoms in total.